The maximum atomic E-state index is 8.99. The molecule has 0 fully saturated rings. The lowest BCUT2D eigenvalue weighted by atomic mass is 10.0. The number of hydrogen-bond acceptors (Lipinski definition) is 4. The van der Waals surface area contributed by atoms with Gasteiger partial charge < -0.3 is 15.2 Å². The zero-order chi connectivity index (χ0) is 10.1. The number of methoxy groups -OCH3 is 1. The van der Waals surface area contributed by atoms with Crippen LogP contribution >= 0.6 is 0 Å². The Labute approximate surface area is 81.8 Å². The molecule has 1 unspecified atom stereocenters. The molecule has 1 aromatic carbocycles. The van der Waals surface area contributed by atoms with Gasteiger partial charge in [0.25, 0.3) is 0 Å². The summed E-state index contributed by atoms with van der Waals surface area (Å²) in [7, 11) is 1.53. The summed E-state index contributed by atoms with van der Waals surface area (Å²) in [4.78, 5) is 0. The number of rotatable bonds is 1. The average molecular weight is 190 g/mol. The molecule has 1 aromatic rings. The van der Waals surface area contributed by atoms with Crippen molar-refractivity contribution in [2.75, 3.05) is 13.7 Å². The Morgan fingerprint density at radius 2 is 2.43 bits per heavy atom. The minimum atomic E-state index is -0.227. The predicted molar refractivity (Wildman–Crippen MR) is 50.1 cm³/mol. The summed E-state index contributed by atoms with van der Waals surface area (Å²) in [6, 6.07) is 5.36. The molecule has 1 atom stereocenters. The van der Waals surface area contributed by atoms with Gasteiger partial charge in [-0.15, -0.1) is 0 Å². The van der Waals surface area contributed by atoms with Crippen LogP contribution < -0.4 is 15.2 Å². The van der Waals surface area contributed by atoms with Crippen LogP contribution in [0, 0.1) is 11.3 Å². The Morgan fingerprint density at radius 1 is 1.64 bits per heavy atom. The summed E-state index contributed by atoms with van der Waals surface area (Å²) in [5.74, 6) is 1.24. The third kappa shape index (κ3) is 1.10. The summed E-state index contributed by atoms with van der Waals surface area (Å²) >= 11 is 0. The highest BCUT2D eigenvalue weighted by molar-refractivity contribution is 5.57. The first-order chi connectivity index (χ1) is 6.77. The third-order valence-corrected chi connectivity index (χ3v) is 2.29. The molecule has 1 aliphatic rings. The van der Waals surface area contributed by atoms with Gasteiger partial charge >= 0.3 is 0 Å². The molecule has 4 nitrogen and oxygen atoms in total. The average Bonchev–Trinajstić information content (AvgIpc) is 2.59. The molecule has 0 radical (unpaired) electrons. The molecule has 2 rings (SSSR count). The summed E-state index contributed by atoms with van der Waals surface area (Å²) in [6.07, 6.45) is 0. The van der Waals surface area contributed by atoms with Crippen LogP contribution in [-0.4, -0.2) is 13.7 Å². The quantitative estimate of drug-likeness (QED) is 0.716. The molecule has 4 heteroatoms. The Morgan fingerprint density at radius 3 is 3.07 bits per heavy atom. The van der Waals surface area contributed by atoms with Crippen LogP contribution in [-0.2, 0) is 0 Å². The standard InChI is InChI=1S/C10H10N2O2/c1-13-8-2-3-9-10(6(8)4-11)7(12)5-14-9/h2-3,7H,5,12H2,1H3. The van der Waals surface area contributed by atoms with E-state index in [-0.39, 0.29) is 6.04 Å². The van der Waals surface area contributed by atoms with E-state index in [1.54, 1.807) is 12.1 Å². The molecule has 0 amide bonds. The molecule has 0 aliphatic carbocycles. The van der Waals surface area contributed by atoms with Crippen LogP contribution in [0.5, 0.6) is 11.5 Å². The Kier molecular flexibility index (Phi) is 2.02. The van der Waals surface area contributed by atoms with E-state index in [9.17, 15) is 0 Å². The number of nitrogens with two attached hydrogens (primary N) is 1. The first kappa shape index (κ1) is 8.85. The second-order valence-corrected chi connectivity index (χ2v) is 3.08. The van der Waals surface area contributed by atoms with Gasteiger partial charge in [0.2, 0.25) is 0 Å². The van der Waals surface area contributed by atoms with E-state index in [4.69, 9.17) is 20.5 Å². The van der Waals surface area contributed by atoms with Crippen molar-refractivity contribution in [2.24, 2.45) is 5.73 Å². The van der Waals surface area contributed by atoms with E-state index in [1.807, 2.05) is 0 Å². The molecule has 0 spiro atoms. The van der Waals surface area contributed by atoms with Gasteiger partial charge in [-0.05, 0) is 12.1 Å². The number of benzene rings is 1. The van der Waals surface area contributed by atoms with Gasteiger partial charge in [-0.1, -0.05) is 0 Å². The van der Waals surface area contributed by atoms with Crippen LogP contribution in [0.15, 0.2) is 12.1 Å². The zero-order valence-electron chi connectivity index (χ0n) is 7.78. The predicted octanol–water partition coefficient (Wildman–Crippen LogP) is 0.959. The molecule has 0 saturated carbocycles. The van der Waals surface area contributed by atoms with Crippen LogP contribution in [0.1, 0.15) is 17.2 Å². The maximum Gasteiger partial charge on any atom is 0.137 e. The molecular weight excluding hydrogens is 180 g/mol. The largest absolute Gasteiger partial charge is 0.495 e. The zero-order valence-corrected chi connectivity index (χ0v) is 7.78. The van der Waals surface area contributed by atoms with Crippen molar-refractivity contribution in [3.63, 3.8) is 0 Å². The van der Waals surface area contributed by atoms with Gasteiger partial charge in [-0.25, -0.2) is 0 Å². The van der Waals surface area contributed by atoms with Gasteiger partial charge in [-0.3, -0.25) is 0 Å². The van der Waals surface area contributed by atoms with E-state index >= 15 is 0 Å². The topological polar surface area (TPSA) is 68.3 Å². The minimum Gasteiger partial charge on any atom is -0.495 e. The lowest BCUT2D eigenvalue weighted by Crippen LogP contribution is -2.12. The van der Waals surface area contributed by atoms with E-state index in [2.05, 4.69) is 6.07 Å². The second kappa shape index (κ2) is 3.20. The fourth-order valence-corrected chi connectivity index (χ4v) is 1.62. The molecular formula is C10H10N2O2. The van der Waals surface area contributed by atoms with E-state index < -0.39 is 0 Å². The monoisotopic (exact) mass is 190 g/mol. The van der Waals surface area contributed by atoms with Crippen molar-refractivity contribution in [1.82, 2.24) is 0 Å². The lowest BCUT2D eigenvalue weighted by Gasteiger charge is -2.07. The molecule has 1 heterocycles. The van der Waals surface area contributed by atoms with Gasteiger partial charge in [0.15, 0.2) is 0 Å². The molecule has 1 aliphatic heterocycles. The Bertz CT molecular complexity index is 409. The number of nitriles is 1. The maximum absolute atomic E-state index is 8.99. The Hall–Kier alpha value is -1.73. The molecule has 0 bridgehead atoms. The van der Waals surface area contributed by atoms with E-state index in [0.29, 0.717) is 23.7 Å². The Balaban J connectivity index is 2.64. The van der Waals surface area contributed by atoms with Crippen LogP contribution in [0.4, 0.5) is 0 Å². The molecule has 0 aromatic heterocycles. The van der Waals surface area contributed by atoms with Crippen molar-refractivity contribution in [1.29, 1.82) is 5.26 Å². The summed E-state index contributed by atoms with van der Waals surface area (Å²) in [6.45, 7) is 0.428. The lowest BCUT2D eigenvalue weighted by molar-refractivity contribution is 0.333. The van der Waals surface area contributed by atoms with Gasteiger partial charge in [0, 0.05) is 5.56 Å². The fraction of sp³-hybridized carbons (Fsp3) is 0.300. The number of hydrogen-bond donors (Lipinski definition) is 1. The number of fused-ring (bicyclic) bond motifs is 1. The van der Waals surface area contributed by atoms with Crippen molar-refractivity contribution < 1.29 is 9.47 Å². The molecule has 2 N–H and O–H groups in total. The van der Waals surface area contributed by atoms with Crippen molar-refractivity contribution in [2.45, 2.75) is 6.04 Å². The van der Waals surface area contributed by atoms with Crippen LogP contribution in [0.25, 0.3) is 0 Å². The van der Waals surface area contributed by atoms with Crippen molar-refractivity contribution >= 4 is 0 Å². The smallest absolute Gasteiger partial charge is 0.137 e. The third-order valence-electron chi connectivity index (χ3n) is 2.29. The second-order valence-electron chi connectivity index (χ2n) is 3.08. The molecule has 14 heavy (non-hydrogen) atoms. The highest BCUT2D eigenvalue weighted by atomic mass is 16.5. The number of nitrogens with zero attached hydrogens (tertiary/aromatic N) is 1. The van der Waals surface area contributed by atoms with Gasteiger partial charge in [0.05, 0.1) is 13.2 Å². The summed E-state index contributed by atoms with van der Waals surface area (Å²) in [5, 5.41) is 8.99. The fourth-order valence-electron chi connectivity index (χ4n) is 1.62. The highest BCUT2D eigenvalue weighted by Crippen LogP contribution is 2.37. The van der Waals surface area contributed by atoms with E-state index in [0.717, 1.165) is 5.56 Å². The van der Waals surface area contributed by atoms with Gasteiger partial charge in [0.1, 0.15) is 29.7 Å². The summed E-state index contributed by atoms with van der Waals surface area (Å²) < 4.78 is 10.4. The van der Waals surface area contributed by atoms with Crippen molar-refractivity contribution in [3.8, 4) is 17.6 Å². The molecule has 0 saturated heterocycles. The first-order valence-corrected chi connectivity index (χ1v) is 4.27. The minimum absolute atomic E-state index is 0.227. The summed E-state index contributed by atoms with van der Waals surface area (Å²) in [5.41, 5.74) is 7.05. The first-order valence-electron chi connectivity index (χ1n) is 4.27. The van der Waals surface area contributed by atoms with E-state index in [1.165, 1.54) is 7.11 Å². The van der Waals surface area contributed by atoms with Crippen molar-refractivity contribution in [3.05, 3.63) is 23.3 Å². The molecule has 72 valence electrons. The van der Waals surface area contributed by atoms with Crippen LogP contribution in [0.3, 0.4) is 0 Å². The van der Waals surface area contributed by atoms with Crippen LogP contribution in [0.2, 0.25) is 0 Å². The normalized spacial score (nSPS) is 18.2. The highest BCUT2D eigenvalue weighted by Gasteiger charge is 2.26. The van der Waals surface area contributed by atoms with Gasteiger partial charge in [-0.2, -0.15) is 5.26 Å². The SMILES string of the molecule is COc1ccc2c(c1C#N)C(N)CO2. The number of ether oxygens (including phenoxy) is 2.